The largest absolute Gasteiger partial charge is 0.352 e. The minimum absolute atomic E-state index is 0.0140. The van der Waals surface area contributed by atoms with Gasteiger partial charge in [-0.1, -0.05) is 54.2 Å². The van der Waals surface area contributed by atoms with Crippen LogP contribution in [0.25, 0.3) is 0 Å². The fraction of sp³-hybridized carbons (Fsp3) is 0.300. The Hall–Kier alpha value is -2.41. The first-order chi connectivity index (χ1) is 13.0. The molecule has 0 aromatic heterocycles. The summed E-state index contributed by atoms with van der Waals surface area (Å²) in [5.41, 5.74) is 1.29. The molecule has 3 rings (SSSR count). The second kappa shape index (κ2) is 8.99. The molecule has 4 nitrogen and oxygen atoms in total. The van der Waals surface area contributed by atoms with Crippen molar-refractivity contribution in [2.75, 3.05) is 13.1 Å². The molecule has 2 aromatic carbocycles. The Morgan fingerprint density at radius 1 is 1.15 bits per heavy atom. The van der Waals surface area contributed by atoms with Crippen LogP contribution in [0.5, 0.6) is 0 Å². The van der Waals surface area contributed by atoms with E-state index >= 15 is 0 Å². The summed E-state index contributed by atoms with van der Waals surface area (Å²) < 4.78 is 25.3. The number of likely N-dealkylation sites (tertiary alicyclic amines) is 1. The summed E-state index contributed by atoms with van der Waals surface area (Å²) in [5, 5.41) is 2.78. The van der Waals surface area contributed by atoms with E-state index in [2.05, 4.69) is 5.32 Å². The predicted molar refractivity (Wildman–Crippen MR) is 101 cm³/mol. The van der Waals surface area contributed by atoms with E-state index in [4.69, 9.17) is 0 Å². The van der Waals surface area contributed by atoms with Crippen molar-refractivity contribution in [2.24, 2.45) is 5.92 Å². The van der Waals surface area contributed by atoms with Gasteiger partial charge in [-0.3, -0.25) is 9.59 Å². The monoisotopic (exact) mass is 390 g/mol. The van der Waals surface area contributed by atoms with Crippen LogP contribution >= 0.6 is 11.8 Å². The molecule has 1 aliphatic heterocycles. The number of carbonyl (C=O) groups is 2. The molecular formula is C20H20F2N2O2S. The average molecular weight is 390 g/mol. The first kappa shape index (κ1) is 19.4. The highest BCUT2D eigenvalue weighted by Crippen LogP contribution is 2.28. The Balaban J connectivity index is 1.55. The fourth-order valence-electron chi connectivity index (χ4n) is 3.13. The Bertz CT molecular complexity index is 802. The summed E-state index contributed by atoms with van der Waals surface area (Å²) in [5.74, 6) is -2.91. The first-order valence-corrected chi connectivity index (χ1v) is 9.54. The number of halogens is 2. The van der Waals surface area contributed by atoms with Crippen molar-refractivity contribution in [2.45, 2.75) is 23.6 Å². The smallest absolute Gasteiger partial charge is 0.288 e. The second-order valence-corrected chi connectivity index (χ2v) is 7.45. The second-order valence-electron chi connectivity index (χ2n) is 6.41. The molecule has 0 aliphatic carbocycles. The van der Waals surface area contributed by atoms with Crippen LogP contribution in [0.15, 0.2) is 59.5 Å². The number of benzene rings is 2. The number of hydrogen-bond donors (Lipinski definition) is 1. The zero-order valence-corrected chi connectivity index (χ0v) is 15.4. The van der Waals surface area contributed by atoms with Crippen molar-refractivity contribution in [3.05, 3.63) is 65.7 Å². The maximum atomic E-state index is 12.6. The molecule has 1 saturated heterocycles. The quantitative estimate of drug-likeness (QED) is 0.732. The van der Waals surface area contributed by atoms with Gasteiger partial charge in [-0.15, -0.1) is 0 Å². The number of thioether (sulfide) groups is 1. The molecule has 2 aromatic rings. The topological polar surface area (TPSA) is 49.4 Å². The zero-order chi connectivity index (χ0) is 19.2. The van der Waals surface area contributed by atoms with E-state index in [9.17, 15) is 18.4 Å². The molecule has 0 radical (unpaired) electrons. The molecular weight excluding hydrogens is 370 g/mol. The Labute approximate surface area is 160 Å². The van der Waals surface area contributed by atoms with Crippen LogP contribution < -0.4 is 5.32 Å². The summed E-state index contributed by atoms with van der Waals surface area (Å²) in [6.45, 7) is 1.46. The van der Waals surface area contributed by atoms with Gasteiger partial charge >= 0.3 is 0 Å². The van der Waals surface area contributed by atoms with Gasteiger partial charge in [0.25, 0.3) is 11.7 Å². The van der Waals surface area contributed by atoms with Crippen LogP contribution in [0.1, 0.15) is 22.3 Å². The number of nitrogens with one attached hydrogen (secondary N) is 1. The van der Waals surface area contributed by atoms with E-state index in [1.54, 1.807) is 17.0 Å². The molecule has 1 aliphatic rings. The normalized spacial score (nSPS) is 16.8. The summed E-state index contributed by atoms with van der Waals surface area (Å²) in [6.07, 6.45) is 0.376. The van der Waals surface area contributed by atoms with Crippen molar-refractivity contribution < 1.29 is 18.4 Å². The molecule has 1 unspecified atom stereocenters. The van der Waals surface area contributed by atoms with Crippen LogP contribution in [0, 0.1) is 5.92 Å². The lowest BCUT2D eigenvalue weighted by molar-refractivity contribution is -0.128. The third-order valence-corrected chi connectivity index (χ3v) is 5.20. The van der Waals surface area contributed by atoms with Gasteiger partial charge in [0.1, 0.15) is 0 Å². The van der Waals surface area contributed by atoms with Crippen LogP contribution in [0.4, 0.5) is 8.78 Å². The molecule has 0 bridgehead atoms. The van der Waals surface area contributed by atoms with Gasteiger partial charge in [0.2, 0.25) is 5.91 Å². The lowest BCUT2D eigenvalue weighted by atomic mass is 10.1. The number of nitrogens with zero attached hydrogens (tertiary/aromatic N) is 1. The lowest BCUT2D eigenvalue weighted by Gasteiger charge is -2.17. The minimum atomic E-state index is -2.59. The Morgan fingerprint density at radius 3 is 2.59 bits per heavy atom. The SMILES string of the molecule is O=C(NCC1CC(=O)N(Cc2ccccc2)C1)c1ccccc1SC(F)F. The van der Waals surface area contributed by atoms with Gasteiger partial charge in [-0.2, -0.15) is 8.78 Å². The van der Waals surface area contributed by atoms with Crippen LogP contribution in [-0.4, -0.2) is 35.6 Å². The van der Waals surface area contributed by atoms with Crippen molar-refractivity contribution in [1.29, 1.82) is 0 Å². The van der Waals surface area contributed by atoms with Crippen LogP contribution in [0.3, 0.4) is 0 Å². The average Bonchev–Trinajstić information content (AvgIpc) is 3.00. The van der Waals surface area contributed by atoms with E-state index in [0.29, 0.717) is 37.8 Å². The molecule has 1 atom stereocenters. The highest BCUT2D eigenvalue weighted by atomic mass is 32.2. The molecule has 1 heterocycles. The summed E-state index contributed by atoms with van der Waals surface area (Å²) >= 11 is 0.357. The zero-order valence-electron chi connectivity index (χ0n) is 14.6. The first-order valence-electron chi connectivity index (χ1n) is 8.66. The van der Waals surface area contributed by atoms with E-state index in [-0.39, 0.29) is 22.3 Å². The number of alkyl halides is 2. The van der Waals surface area contributed by atoms with E-state index < -0.39 is 11.7 Å². The Kier molecular flexibility index (Phi) is 6.45. The molecule has 0 spiro atoms. The highest BCUT2D eigenvalue weighted by Gasteiger charge is 2.29. The number of rotatable bonds is 7. The third-order valence-electron chi connectivity index (χ3n) is 4.41. The molecule has 142 valence electrons. The van der Waals surface area contributed by atoms with E-state index in [1.165, 1.54) is 12.1 Å². The Morgan fingerprint density at radius 2 is 1.85 bits per heavy atom. The molecule has 27 heavy (non-hydrogen) atoms. The standard InChI is InChI=1S/C20H20F2N2O2S/c21-20(22)27-17-9-5-4-8-16(17)19(26)23-11-15-10-18(25)24(13-15)12-14-6-2-1-3-7-14/h1-9,15,20H,10-13H2,(H,23,26). The number of hydrogen-bond acceptors (Lipinski definition) is 3. The lowest BCUT2D eigenvalue weighted by Crippen LogP contribution is -2.31. The summed E-state index contributed by atoms with van der Waals surface area (Å²) in [7, 11) is 0. The van der Waals surface area contributed by atoms with Gasteiger partial charge < -0.3 is 10.2 Å². The van der Waals surface area contributed by atoms with Crippen molar-refractivity contribution in [3.8, 4) is 0 Å². The van der Waals surface area contributed by atoms with E-state index in [1.807, 2.05) is 30.3 Å². The van der Waals surface area contributed by atoms with Crippen LogP contribution in [-0.2, 0) is 11.3 Å². The molecule has 1 N–H and O–H groups in total. The summed E-state index contributed by atoms with van der Waals surface area (Å²) in [4.78, 5) is 26.6. The van der Waals surface area contributed by atoms with Crippen LogP contribution in [0.2, 0.25) is 0 Å². The fourth-order valence-corrected chi connectivity index (χ4v) is 3.77. The molecule has 7 heteroatoms. The van der Waals surface area contributed by atoms with Gasteiger partial charge in [0.15, 0.2) is 0 Å². The number of carbonyl (C=O) groups excluding carboxylic acids is 2. The summed E-state index contributed by atoms with van der Waals surface area (Å²) in [6, 6.07) is 16.0. The van der Waals surface area contributed by atoms with Gasteiger partial charge in [0, 0.05) is 36.9 Å². The minimum Gasteiger partial charge on any atom is -0.352 e. The maximum absolute atomic E-state index is 12.6. The molecule has 1 fully saturated rings. The number of amides is 2. The maximum Gasteiger partial charge on any atom is 0.288 e. The molecule has 2 amide bonds. The van der Waals surface area contributed by atoms with E-state index in [0.717, 1.165) is 5.56 Å². The van der Waals surface area contributed by atoms with Crippen molar-refractivity contribution in [1.82, 2.24) is 10.2 Å². The predicted octanol–water partition coefficient (Wildman–Crippen LogP) is 3.78. The van der Waals surface area contributed by atoms with Gasteiger partial charge in [-0.25, -0.2) is 0 Å². The van der Waals surface area contributed by atoms with Gasteiger partial charge in [0.05, 0.1) is 5.56 Å². The van der Waals surface area contributed by atoms with Crippen molar-refractivity contribution in [3.63, 3.8) is 0 Å². The highest BCUT2D eigenvalue weighted by molar-refractivity contribution is 7.99. The molecule has 0 saturated carbocycles. The van der Waals surface area contributed by atoms with Crippen molar-refractivity contribution >= 4 is 23.6 Å². The van der Waals surface area contributed by atoms with Gasteiger partial charge in [-0.05, 0) is 17.7 Å². The third kappa shape index (κ3) is 5.29.